The number of hydrogen-bond acceptors (Lipinski definition) is 5. The van der Waals surface area contributed by atoms with Gasteiger partial charge in [-0.2, -0.15) is 0 Å². The molecule has 166 valence electrons. The number of nitrogens with zero attached hydrogens (tertiary/aromatic N) is 4. The summed E-state index contributed by atoms with van der Waals surface area (Å²) in [5, 5.41) is 12.4. The van der Waals surface area contributed by atoms with Crippen LogP contribution < -0.4 is 10.2 Å². The van der Waals surface area contributed by atoms with E-state index in [0.29, 0.717) is 0 Å². The summed E-state index contributed by atoms with van der Waals surface area (Å²) in [5.41, 5.74) is 3.83. The molecule has 2 saturated heterocycles. The van der Waals surface area contributed by atoms with Crippen LogP contribution in [0.5, 0.6) is 0 Å². The Morgan fingerprint density at radius 3 is 2.42 bits per heavy atom. The van der Waals surface area contributed by atoms with Gasteiger partial charge in [0.05, 0.1) is 11.7 Å². The van der Waals surface area contributed by atoms with Crippen LogP contribution in [0, 0.1) is 19.7 Å². The van der Waals surface area contributed by atoms with Gasteiger partial charge in [0.25, 0.3) is 0 Å². The van der Waals surface area contributed by atoms with Gasteiger partial charge in [-0.25, -0.2) is 4.39 Å². The third kappa shape index (κ3) is 4.56. The normalized spacial score (nSPS) is 20.0. The Morgan fingerprint density at radius 1 is 1.06 bits per heavy atom. The largest absolute Gasteiger partial charge is 0.355 e. The molecular weight excluding hydrogens is 393 g/mol. The van der Waals surface area contributed by atoms with Crippen LogP contribution in [-0.4, -0.2) is 59.8 Å². The first-order chi connectivity index (χ1) is 15.0. The summed E-state index contributed by atoms with van der Waals surface area (Å²) in [6, 6.07) is 6.62. The number of nitrogens with one attached hydrogen (secondary N) is 1. The number of carbonyl (C=O) groups excluding carboxylic acids is 1. The summed E-state index contributed by atoms with van der Waals surface area (Å²) in [7, 11) is 1.95. The first-order valence-electron chi connectivity index (χ1n) is 11.3. The minimum Gasteiger partial charge on any atom is -0.355 e. The lowest BCUT2D eigenvalue weighted by Gasteiger charge is -2.39. The molecule has 2 aliphatic heterocycles. The lowest BCUT2D eigenvalue weighted by atomic mass is 9.99. The highest BCUT2D eigenvalue weighted by atomic mass is 19.1. The second kappa shape index (κ2) is 9.30. The van der Waals surface area contributed by atoms with Crippen LogP contribution in [0.3, 0.4) is 0 Å². The van der Waals surface area contributed by atoms with E-state index in [0.717, 1.165) is 79.9 Å². The summed E-state index contributed by atoms with van der Waals surface area (Å²) in [4.78, 5) is 17.1. The fourth-order valence-corrected chi connectivity index (χ4v) is 4.73. The number of likely N-dealkylation sites (N-methyl/N-ethyl adjacent to an activating group) is 1. The molecule has 0 saturated carbocycles. The molecule has 2 fully saturated rings. The van der Waals surface area contributed by atoms with Crippen LogP contribution in [-0.2, 0) is 4.79 Å². The van der Waals surface area contributed by atoms with Crippen LogP contribution in [0.15, 0.2) is 24.3 Å². The number of carbonyl (C=O) groups is 1. The maximum atomic E-state index is 13.3. The summed E-state index contributed by atoms with van der Waals surface area (Å²) in [5.74, 6) is 0.881. The fraction of sp³-hybridized carbons (Fsp3) is 0.542. The van der Waals surface area contributed by atoms with Gasteiger partial charge in [-0.15, -0.1) is 10.2 Å². The van der Waals surface area contributed by atoms with Gasteiger partial charge in [0.15, 0.2) is 5.82 Å². The Bertz CT molecular complexity index is 918. The SMILES string of the molecule is Cc1c(-c2ccc(F)cc2)nnc(N2CCC(N(C)C(=O)[C@@H]3CCCCN3)CC2)c1C. The van der Waals surface area contributed by atoms with Crippen molar-refractivity contribution in [2.75, 3.05) is 31.6 Å². The molecule has 1 N–H and O–H groups in total. The predicted molar refractivity (Wildman–Crippen MR) is 121 cm³/mol. The van der Waals surface area contributed by atoms with E-state index in [1.807, 2.05) is 18.9 Å². The van der Waals surface area contributed by atoms with E-state index in [1.165, 1.54) is 12.1 Å². The van der Waals surface area contributed by atoms with Crippen molar-refractivity contribution in [3.8, 4) is 11.3 Å². The Kier molecular flexibility index (Phi) is 6.51. The van der Waals surface area contributed by atoms with E-state index >= 15 is 0 Å². The third-order valence-corrected chi connectivity index (χ3v) is 6.88. The number of halogens is 1. The van der Waals surface area contributed by atoms with Crippen LogP contribution in [0.1, 0.15) is 43.2 Å². The highest BCUT2D eigenvalue weighted by Crippen LogP contribution is 2.30. The quantitative estimate of drug-likeness (QED) is 0.813. The van der Waals surface area contributed by atoms with Crippen LogP contribution >= 0.6 is 0 Å². The molecule has 2 aliphatic rings. The molecule has 7 heteroatoms. The van der Waals surface area contributed by atoms with Crippen molar-refractivity contribution in [2.45, 2.75) is 58.0 Å². The van der Waals surface area contributed by atoms with Gasteiger partial charge in [-0.05, 0) is 81.5 Å². The molecule has 3 heterocycles. The minimum atomic E-state index is -0.256. The second-order valence-corrected chi connectivity index (χ2v) is 8.80. The zero-order chi connectivity index (χ0) is 22.0. The molecular formula is C24H32FN5O. The lowest BCUT2D eigenvalue weighted by Crippen LogP contribution is -2.53. The van der Waals surface area contributed by atoms with Crippen molar-refractivity contribution >= 4 is 11.7 Å². The van der Waals surface area contributed by atoms with E-state index in [2.05, 4.69) is 27.3 Å². The molecule has 2 aromatic rings. The van der Waals surface area contributed by atoms with Gasteiger partial charge in [0.1, 0.15) is 5.82 Å². The summed E-state index contributed by atoms with van der Waals surface area (Å²) in [6.07, 6.45) is 5.08. The standard InChI is InChI=1S/C24H32FN5O/c1-16-17(2)23(28-27-22(16)18-7-9-19(25)10-8-18)30-14-11-20(12-15-30)29(3)24(31)21-6-4-5-13-26-21/h7-10,20-21,26H,4-6,11-15H2,1-3H3/t21-/m0/s1. The van der Waals surface area contributed by atoms with E-state index < -0.39 is 0 Å². The molecule has 4 rings (SSSR count). The van der Waals surface area contributed by atoms with Crippen molar-refractivity contribution in [3.63, 3.8) is 0 Å². The zero-order valence-electron chi connectivity index (χ0n) is 18.7. The molecule has 0 radical (unpaired) electrons. The Morgan fingerprint density at radius 2 is 1.77 bits per heavy atom. The molecule has 1 aromatic heterocycles. The molecule has 0 spiro atoms. The smallest absolute Gasteiger partial charge is 0.239 e. The molecule has 1 amide bonds. The van der Waals surface area contributed by atoms with Gasteiger partial charge in [0, 0.05) is 31.7 Å². The second-order valence-electron chi connectivity index (χ2n) is 8.80. The number of anilines is 1. The average Bonchev–Trinajstić information content (AvgIpc) is 2.81. The first-order valence-corrected chi connectivity index (χ1v) is 11.3. The number of benzene rings is 1. The molecule has 1 aromatic carbocycles. The highest BCUT2D eigenvalue weighted by molar-refractivity contribution is 5.82. The van der Waals surface area contributed by atoms with Crippen LogP contribution in [0.2, 0.25) is 0 Å². The maximum Gasteiger partial charge on any atom is 0.239 e. The Labute approximate surface area is 183 Å². The van der Waals surface area contributed by atoms with Gasteiger partial charge in [-0.3, -0.25) is 4.79 Å². The van der Waals surface area contributed by atoms with Crippen molar-refractivity contribution in [1.29, 1.82) is 0 Å². The minimum absolute atomic E-state index is 0.0217. The summed E-state index contributed by atoms with van der Waals surface area (Å²) in [6.45, 7) is 6.76. The molecule has 0 aliphatic carbocycles. The van der Waals surface area contributed by atoms with E-state index in [1.54, 1.807) is 12.1 Å². The third-order valence-electron chi connectivity index (χ3n) is 6.88. The molecule has 0 bridgehead atoms. The summed E-state index contributed by atoms with van der Waals surface area (Å²) >= 11 is 0. The topological polar surface area (TPSA) is 61.4 Å². The van der Waals surface area contributed by atoms with Crippen LogP contribution in [0.25, 0.3) is 11.3 Å². The van der Waals surface area contributed by atoms with Crippen molar-refractivity contribution in [2.24, 2.45) is 0 Å². The Balaban J connectivity index is 1.42. The zero-order valence-corrected chi connectivity index (χ0v) is 18.7. The van der Waals surface area contributed by atoms with Gasteiger partial charge in [-0.1, -0.05) is 6.42 Å². The van der Waals surface area contributed by atoms with Crippen molar-refractivity contribution < 1.29 is 9.18 Å². The number of hydrogen-bond donors (Lipinski definition) is 1. The predicted octanol–water partition coefficient (Wildman–Crippen LogP) is 3.47. The average molecular weight is 426 g/mol. The number of piperidine rings is 2. The van der Waals surface area contributed by atoms with Crippen molar-refractivity contribution in [3.05, 3.63) is 41.2 Å². The lowest BCUT2D eigenvalue weighted by molar-refractivity contribution is -0.135. The summed E-state index contributed by atoms with van der Waals surface area (Å²) < 4.78 is 13.3. The highest BCUT2D eigenvalue weighted by Gasteiger charge is 2.31. The number of amides is 1. The van der Waals surface area contributed by atoms with Gasteiger partial charge < -0.3 is 15.1 Å². The van der Waals surface area contributed by atoms with Gasteiger partial charge >= 0.3 is 0 Å². The first kappa shape index (κ1) is 21.7. The van der Waals surface area contributed by atoms with E-state index in [4.69, 9.17) is 0 Å². The van der Waals surface area contributed by atoms with E-state index in [-0.39, 0.29) is 23.8 Å². The van der Waals surface area contributed by atoms with Crippen LogP contribution in [0.4, 0.5) is 10.2 Å². The molecule has 1 atom stereocenters. The van der Waals surface area contributed by atoms with Gasteiger partial charge in [0.2, 0.25) is 5.91 Å². The molecule has 6 nitrogen and oxygen atoms in total. The number of aromatic nitrogens is 2. The fourth-order valence-electron chi connectivity index (χ4n) is 4.73. The Hall–Kier alpha value is -2.54. The van der Waals surface area contributed by atoms with E-state index in [9.17, 15) is 9.18 Å². The molecule has 0 unspecified atom stereocenters. The number of rotatable bonds is 4. The monoisotopic (exact) mass is 425 g/mol. The maximum absolute atomic E-state index is 13.3. The van der Waals surface area contributed by atoms with Crippen molar-refractivity contribution in [1.82, 2.24) is 20.4 Å². The molecule has 31 heavy (non-hydrogen) atoms.